The molecule has 0 aliphatic carbocycles. The first kappa shape index (κ1) is 15.8. The molecule has 5 heteroatoms. The molecule has 0 aromatic rings. The van der Waals surface area contributed by atoms with Crippen LogP contribution < -0.4 is 5.32 Å². The molecule has 19 heavy (non-hydrogen) atoms. The van der Waals surface area contributed by atoms with E-state index in [0.717, 1.165) is 25.7 Å². The molecular formula is C14H25NO4. The van der Waals surface area contributed by atoms with Crippen LogP contribution in [0.3, 0.4) is 0 Å². The van der Waals surface area contributed by atoms with Gasteiger partial charge in [0.05, 0.1) is 6.04 Å². The first-order valence-corrected chi connectivity index (χ1v) is 6.97. The van der Waals surface area contributed by atoms with E-state index in [4.69, 9.17) is 9.47 Å². The van der Waals surface area contributed by atoms with E-state index >= 15 is 0 Å². The Kier molecular flexibility index (Phi) is 5.63. The van der Waals surface area contributed by atoms with Gasteiger partial charge in [-0.15, -0.1) is 0 Å². The van der Waals surface area contributed by atoms with Gasteiger partial charge >= 0.3 is 12.1 Å². The van der Waals surface area contributed by atoms with Crippen molar-refractivity contribution in [3.63, 3.8) is 0 Å². The number of alkyl carbamates (subject to hydrolysis) is 1. The number of hydrogen-bond acceptors (Lipinski definition) is 4. The second kappa shape index (κ2) is 6.78. The second-order valence-corrected chi connectivity index (χ2v) is 6.05. The number of carbonyl (C=O) groups is 2. The number of unbranched alkanes of at least 4 members (excludes halogenated alkanes) is 2. The fourth-order valence-corrected chi connectivity index (χ4v) is 2.06. The fourth-order valence-electron chi connectivity index (χ4n) is 2.06. The maximum atomic E-state index is 11.5. The Morgan fingerprint density at radius 3 is 2.53 bits per heavy atom. The van der Waals surface area contributed by atoms with Crippen LogP contribution >= 0.6 is 0 Å². The summed E-state index contributed by atoms with van der Waals surface area (Å²) < 4.78 is 10.2. The van der Waals surface area contributed by atoms with Gasteiger partial charge < -0.3 is 14.8 Å². The lowest BCUT2D eigenvalue weighted by atomic mass is 10.0. The average Bonchev–Trinajstić information content (AvgIpc) is 2.54. The standard InChI is InChI=1S/C14H25NO4/c1-10-11(15-13(17)18-10)8-6-5-7-9-12(16)19-14(2,3)4/h10-11H,5-9H2,1-4H3,(H,15,17). The fraction of sp³-hybridized carbons (Fsp3) is 0.857. The molecule has 1 rings (SSSR count). The summed E-state index contributed by atoms with van der Waals surface area (Å²) in [5, 5.41) is 2.78. The van der Waals surface area contributed by atoms with Crippen LogP contribution in [-0.4, -0.2) is 29.8 Å². The lowest BCUT2D eigenvalue weighted by Gasteiger charge is -2.19. The van der Waals surface area contributed by atoms with Gasteiger partial charge in [0.2, 0.25) is 0 Å². The van der Waals surface area contributed by atoms with E-state index < -0.39 is 5.60 Å². The molecular weight excluding hydrogens is 246 g/mol. The van der Waals surface area contributed by atoms with E-state index in [1.807, 2.05) is 27.7 Å². The summed E-state index contributed by atoms with van der Waals surface area (Å²) in [4.78, 5) is 22.5. The van der Waals surface area contributed by atoms with Gasteiger partial charge in [-0.2, -0.15) is 0 Å². The summed E-state index contributed by atoms with van der Waals surface area (Å²) in [6.45, 7) is 7.50. The first-order chi connectivity index (χ1) is 8.78. The lowest BCUT2D eigenvalue weighted by Crippen LogP contribution is -2.29. The molecule has 0 aromatic carbocycles. The number of cyclic esters (lactones) is 1. The summed E-state index contributed by atoms with van der Waals surface area (Å²) in [6.07, 6.45) is 3.72. The van der Waals surface area contributed by atoms with Crippen molar-refractivity contribution in [2.75, 3.05) is 0 Å². The van der Waals surface area contributed by atoms with Crippen molar-refractivity contribution in [3.05, 3.63) is 0 Å². The SMILES string of the molecule is CC1OC(=O)NC1CCCCCC(=O)OC(C)(C)C. The van der Waals surface area contributed by atoms with Gasteiger partial charge in [0.1, 0.15) is 11.7 Å². The molecule has 1 N–H and O–H groups in total. The van der Waals surface area contributed by atoms with Crippen LogP contribution in [0.2, 0.25) is 0 Å². The van der Waals surface area contributed by atoms with Crippen molar-refractivity contribution in [2.24, 2.45) is 0 Å². The molecule has 0 bridgehead atoms. The van der Waals surface area contributed by atoms with E-state index in [1.54, 1.807) is 0 Å². The van der Waals surface area contributed by atoms with Gasteiger partial charge in [0.25, 0.3) is 0 Å². The first-order valence-electron chi connectivity index (χ1n) is 6.97. The summed E-state index contributed by atoms with van der Waals surface area (Å²) in [5.41, 5.74) is -0.405. The van der Waals surface area contributed by atoms with E-state index in [2.05, 4.69) is 5.32 Å². The van der Waals surface area contributed by atoms with Crippen LogP contribution in [0, 0.1) is 0 Å². The zero-order valence-electron chi connectivity index (χ0n) is 12.3. The number of amides is 1. The van der Waals surface area contributed by atoms with Crippen LogP contribution in [0.4, 0.5) is 4.79 Å². The molecule has 110 valence electrons. The largest absolute Gasteiger partial charge is 0.460 e. The third-order valence-corrected chi connectivity index (χ3v) is 2.98. The van der Waals surface area contributed by atoms with Gasteiger partial charge in [-0.1, -0.05) is 12.8 Å². The van der Waals surface area contributed by atoms with E-state index in [1.165, 1.54) is 0 Å². The Balaban J connectivity index is 2.05. The van der Waals surface area contributed by atoms with Crippen molar-refractivity contribution >= 4 is 12.1 Å². The molecule has 2 atom stereocenters. The summed E-state index contributed by atoms with van der Waals surface area (Å²) in [5.74, 6) is -0.140. The van der Waals surface area contributed by atoms with Gasteiger partial charge in [-0.3, -0.25) is 4.79 Å². The smallest absolute Gasteiger partial charge is 0.407 e. The summed E-state index contributed by atoms with van der Waals surface area (Å²) >= 11 is 0. The number of nitrogens with one attached hydrogen (secondary N) is 1. The van der Waals surface area contributed by atoms with E-state index in [-0.39, 0.29) is 24.2 Å². The number of rotatable bonds is 6. The number of hydrogen-bond donors (Lipinski definition) is 1. The van der Waals surface area contributed by atoms with Crippen molar-refractivity contribution in [3.8, 4) is 0 Å². The normalized spacial score (nSPS) is 22.8. The Hall–Kier alpha value is -1.26. The predicted molar refractivity (Wildman–Crippen MR) is 71.8 cm³/mol. The molecule has 0 aromatic heterocycles. The number of carbonyl (C=O) groups excluding carboxylic acids is 2. The molecule has 1 fully saturated rings. The second-order valence-electron chi connectivity index (χ2n) is 6.05. The van der Waals surface area contributed by atoms with Gasteiger partial charge in [0, 0.05) is 6.42 Å². The third kappa shape index (κ3) is 6.45. The lowest BCUT2D eigenvalue weighted by molar-refractivity contribution is -0.154. The van der Waals surface area contributed by atoms with Crippen molar-refractivity contribution in [1.29, 1.82) is 0 Å². The van der Waals surface area contributed by atoms with E-state index in [9.17, 15) is 9.59 Å². The maximum absolute atomic E-state index is 11.5. The van der Waals surface area contributed by atoms with Crippen molar-refractivity contribution < 1.29 is 19.1 Å². The highest BCUT2D eigenvalue weighted by Gasteiger charge is 2.29. The van der Waals surface area contributed by atoms with Gasteiger partial charge in [0.15, 0.2) is 0 Å². The zero-order valence-corrected chi connectivity index (χ0v) is 12.3. The van der Waals surface area contributed by atoms with Gasteiger partial charge in [-0.05, 0) is 40.5 Å². The highest BCUT2D eigenvalue weighted by molar-refractivity contribution is 5.70. The number of ether oxygens (including phenoxy) is 2. The van der Waals surface area contributed by atoms with Crippen LogP contribution in [0.1, 0.15) is 59.8 Å². The minimum atomic E-state index is -0.405. The maximum Gasteiger partial charge on any atom is 0.407 e. The molecule has 1 aliphatic rings. The van der Waals surface area contributed by atoms with Crippen LogP contribution in [0.15, 0.2) is 0 Å². The molecule has 1 aliphatic heterocycles. The van der Waals surface area contributed by atoms with Crippen molar-refractivity contribution in [1.82, 2.24) is 5.32 Å². The highest BCUT2D eigenvalue weighted by Crippen LogP contribution is 2.16. The quantitative estimate of drug-likeness (QED) is 0.596. The monoisotopic (exact) mass is 271 g/mol. The number of esters is 1. The summed E-state index contributed by atoms with van der Waals surface area (Å²) in [7, 11) is 0. The Labute approximate surface area is 115 Å². The molecule has 0 saturated carbocycles. The Bertz CT molecular complexity index is 322. The van der Waals surface area contributed by atoms with Crippen LogP contribution in [0.5, 0.6) is 0 Å². The molecule has 0 radical (unpaired) electrons. The van der Waals surface area contributed by atoms with Crippen molar-refractivity contribution in [2.45, 2.75) is 77.5 Å². The Morgan fingerprint density at radius 1 is 1.32 bits per heavy atom. The molecule has 0 spiro atoms. The van der Waals surface area contributed by atoms with Crippen LogP contribution in [0.25, 0.3) is 0 Å². The molecule has 1 heterocycles. The Morgan fingerprint density at radius 2 is 2.00 bits per heavy atom. The topological polar surface area (TPSA) is 64.6 Å². The minimum Gasteiger partial charge on any atom is -0.460 e. The minimum absolute atomic E-state index is 0.0571. The summed E-state index contributed by atoms with van der Waals surface area (Å²) in [6, 6.07) is 0.106. The molecule has 2 unspecified atom stereocenters. The average molecular weight is 271 g/mol. The molecule has 1 saturated heterocycles. The highest BCUT2D eigenvalue weighted by atomic mass is 16.6. The third-order valence-electron chi connectivity index (χ3n) is 2.98. The van der Waals surface area contributed by atoms with Crippen LogP contribution in [-0.2, 0) is 14.3 Å². The zero-order chi connectivity index (χ0) is 14.5. The predicted octanol–water partition coefficient (Wildman–Crippen LogP) is 2.78. The van der Waals surface area contributed by atoms with Gasteiger partial charge in [-0.25, -0.2) is 4.79 Å². The molecule has 5 nitrogen and oxygen atoms in total. The molecule has 1 amide bonds. The van der Waals surface area contributed by atoms with E-state index in [0.29, 0.717) is 6.42 Å².